The molecule has 1 aromatic carbocycles. The zero-order chi connectivity index (χ0) is 12.0. The molecule has 0 aliphatic rings. The van der Waals surface area contributed by atoms with Gasteiger partial charge in [-0.3, -0.25) is 4.79 Å². The Balaban J connectivity index is 2.52. The molecule has 0 aromatic heterocycles. The second-order valence-corrected chi connectivity index (χ2v) is 3.98. The average molecular weight is 245 g/mol. The summed E-state index contributed by atoms with van der Waals surface area (Å²) >= 11 is 5.73. The Bertz CT molecular complexity index is 366. The molecule has 0 bridgehead atoms. The topological polar surface area (TPSA) is 26.3 Å². The number of halogens is 2. The van der Waals surface area contributed by atoms with Crippen molar-refractivity contribution in [2.24, 2.45) is 0 Å². The van der Waals surface area contributed by atoms with E-state index in [0.717, 1.165) is 0 Å². The minimum Gasteiger partial charge on any atom is -0.385 e. The van der Waals surface area contributed by atoms with Crippen LogP contribution in [0.25, 0.3) is 0 Å². The lowest BCUT2D eigenvalue weighted by molar-refractivity contribution is -0.118. The van der Waals surface area contributed by atoms with Gasteiger partial charge in [0.15, 0.2) is 0 Å². The van der Waals surface area contributed by atoms with Gasteiger partial charge in [0.25, 0.3) is 0 Å². The largest absolute Gasteiger partial charge is 0.385 e. The van der Waals surface area contributed by atoms with Gasteiger partial charge in [0.1, 0.15) is 11.6 Å². The van der Waals surface area contributed by atoms with Crippen LogP contribution in [-0.2, 0) is 16.0 Å². The van der Waals surface area contributed by atoms with Crippen LogP contribution in [0, 0.1) is 5.82 Å². The number of ketones is 1. The molecule has 0 N–H and O–H groups in total. The molecule has 0 radical (unpaired) electrons. The molecule has 88 valence electrons. The van der Waals surface area contributed by atoms with E-state index in [-0.39, 0.29) is 18.0 Å². The van der Waals surface area contributed by atoms with Crippen LogP contribution in [0.15, 0.2) is 18.2 Å². The van der Waals surface area contributed by atoms with Crippen LogP contribution in [0.2, 0.25) is 5.02 Å². The molecule has 0 amide bonds. The number of methoxy groups -OCH3 is 1. The van der Waals surface area contributed by atoms with Crippen molar-refractivity contribution in [1.82, 2.24) is 0 Å². The first-order chi connectivity index (χ1) is 7.63. The summed E-state index contributed by atoms with van der Waals surface area (Å²) in [4.78, 5) is 11.5. The van der Waals surface area contributed by atoms with Crippen molar-refractivity contribution in [3.8, 4) is 0 Å². The second-order valence-electron chi connectivity index (χ2n) is 3.55. The van der Waals surface area contributed by atoms with Crippen LogP contribution in [0.1, 0.15) is 18.4 Å². The Kier molecular flexibility index (Phi) is 5.43. The zero-order valence-corrected chi connectivity index (χ0v) is 9.89. The summed E-state index contributed by atoms with van der Waals surface area (Å²) in [6.45, 7) is 0.545. The summed E-state index contributed by atoms with van der Waals surface area (Å²) in [5.74, 6) is -0.386. The van der Waals surface area contributed by atoms with Gasteiger partial charge in [0.05, 0.1) is 0 Å². The molecule has 0 atom stereocenters. The van der Waals surface area contributed by atoms with Crippen LogP contribution in [-0.4, -0.2) is 19.5 Å². The van der Waals surface area contributed by atoms with E-state index >= 15 is 0 Å². The van der Waals surface area contributed by atoms with E-state index in [4.69, 9.17) is 16.3 Å². The highest BCUT2D eigenvalue weighted by Gasteiger charge is 2.08. The van der Waals surface area contributed by atoms with Gasteiger partial charge < -0.3 is 4.74 Å². The molecule has 0 fully saturated rings. The van der Waals surface area contributed by atoms with Crippen molar-refractivity contribution in [1.29, 1.82) is 0 Å². The predicted molar refractivity (Wildman–Crippen MR) is 61.2 cm³/mol. The van der Waals surface area contributed by atoms with E-state index in [2.05, 4.69) is 0 Å². The lowest BCUT2D eigenvalue weighted by atomic mass is 10.1. The molecule has 0 heterocycles. The number of rotatable bonds is 6. The summed E-state index contributed by atoms with van der Waals surface area (Å²) in [7, 11) is 1.58. The maximum atomic E-state index is 13.3. The number of Topliss-reactive ketones (excluding diaryl/α,β-unsaturated/α-hetero) is 1. The minimum absolute atomic E-state index is 0.00165. The number of carbonyl (C=O) groups is 1. The summed E-state index contributed by atoms with van der Waals surface area (Å²) in [5, 5.41) is 0.445. The third-order valence-corrected chi connectivity index (χ3v) is 2.43. The molecule has 16 heavy (non-hydrogen) atoms. The van der Waals surface area contributed by atoms with E-state index in [1.807, 2.05) is 0 Å². The molecular weight excluding hydrogens is 231 g/mol. The highest BCUT2D eigenvalue weighted by atomic mass is 35.5. The third-order valence-electron chi connectivity index (χ3n) is 2.20. The molecule has 1 aromatic rings. The van der Waals surface area contributed by atoms with Gasteiger partial charge in [-0.25, -0.2) is 4.39 Å². The number of ether oxygens (including phenoxy) is 1. The Labute approximate surface area is 99.4 Å². The average Bonchev–Trinajstić information content (AvgIpc) is 2.24. The molecule has 1 rings (SSSR count). The van der Waals surface area contributed by atoms with Crippen molar-refractivity contribution in [3.63, 3.8) is 0 Å². The van der Waals surface area contributed by atoms with Crippen molar-refractivity contribution in [3.05, 3.63) is 34.6 Å². The summed E-state index contributed by atoms with van der Waals surface area (Å²) in [6, 6.07) is 4.24. The van der Waals surface area contributed by atoms with Gasteiger partial charge >= 0.3 is 0 Å². The Hall–Kier alpha value is -0.930. The van der Waals surface area contributed by atoms with Gasteiger partial charge in [0.2, 0.25) is 0 Å². The fraction of sp³-hybridized carbons (Fsp3) is 0.417. The molecule has 2 nitrogen and oxygen atoms in total. The summed E-state index contributed by atoms with van der Waals surface area (Å²) in [6.07, 6.45) is 1.16. The Morgan fingerprint density at radius 3 is 2.94 bits per heavy atom. The van der Waals surface area contributed by atoms with Crippen molar-refractivity contribution >= 4 is 17.4 Å². The molecule has 0 saturated carbocycles. The number of carbonyl (C=O) groups excluding carboxylic acids is 1. The first kappa shape index (κ1) is 13.1. The monoisotopic (exact) mass is 244 g/mol. The highest BCUT2D eigenvalue weighted by Crippen LogP contribution is 2.16. The highest BCUT2D eigenvalue weighted by molar-refractivity contribution is 6.30. The minimum atomic E-state index is -0.385. The van der Waals surface area contributed by atoms with Crippen molar-refractivity contribution < 1.29 is 13.9 Å². The molecule has 4 heteroatoms. The van der Waals surface area contributed by atoms with E-state index in [1.54, 1.807) is 7.11 Å². The second kappa shape index (κ2) is 6.61. The first-order valence-electron chi connectivity index (χ1n) is 5.08. The van der Waals surface area contributed by atoms with E-state index < -0.39 is 0 Å². The molecule has 0 aliphatic heterocycles. The van der Waals surface area contributed by atoms with Crippen LogP contribution < -0.4 is 0 Å². The Morgan fingerprint density at radius 1 is 1.50 bits per heavy atom. The number of hydrogen-bond acceptors (Lipinski definition) is 2. The van der Waals surface area contributed by atoms with Crippen LogP contribution >= 0.6 is 11.6 Å². The zero-order valence-electron chi connectivity index (χ0n) is 9.13. The van der Waals surface area contributed by atoms with Crippen LogP contribution in [0.4, 0.5) is 4.39 Å². The van der Waals surface area contributed by atoms with Crippen molar-refractivity contribution in [2.75, 3.05) is 13.7 Å². The predicted octanol–water partition coefficient (Wildman–Crippen LogP) is 3.02. The Morgan fingerprint density at radius 2 is 2.25 bits per heavy atom. The van der Waals surface area contributed by atoms with Gasteiger partial charge in [-0.2, -0.15) is 0 Å². The maximum absolute atomic E-state index is 13.3. The lowest BCUT2D eigenvalue weighted by Crippen LogP contribution is -2.05. The van der Waals surface area contributed by atoms with Crippen molar-refractivity contribution in [2.45, 2.75) is 19.3 Å². The molecule has 0 unspecified atom stereocenters. The number of hydrogen-bond donors (Lipinski definition) is 0. The standard InChI is InChI=1S/C12H14ClFO2/c1-16-6-2-3-11(15)8-9-7-10(13)4-5-12(9)14/h4-5,7H,2-3,6,8H2,1H3. The number of benzene rings is 1. The van der Waals surface area contributed by atoms with Crippen LogP contribution in [0.3, 0.4) is 0 Å². The van der Waals surface area contributed by atoms with Gasteiger partial charge in [0, 0.05) is 31.6 Å². The lowest BCUT2D eigenvalue weighted by Gasteiger charge is -2.03. The summed E-state index contributed by atoms with van der Waals surface area (Å²) < 4.78 is 18.1. The third kappa shape index (κ3) is 4.29. The fourth-order valence-corrected chi connectivity index (χ4v) is 1.59. The van der Waals surface area contributed by atoms with Crippen LogP contribution in [0.5, 0.6) is 0 Å². The van der Waals surface area contributed by atoms with E-state index in [1.165, 1.54) is 18.2 Å². The molecule has 0 saturated heterocycles. The van der Waals surface area contributed by atoms with Gasteiger partial charge in [-0.1, -0.05) is 11.6 Å². The maximum Gasteiger partial charge on any atom is 0.137 e. The molecule has 0 spiro atoms. The molecular formula is C12H14ClFO2. The van der Waals surface area contributed by atoms with Gasteiger partial charge in [-0.15, -0.1) is 0 Å². The fourth-order valence-electron chi connectivity index (χ4n) is 1.39. The van der Waals surface area contributed by atoms with E-state index in [9.17, 15) is 9.18 Å². The van der Waals surface area contributed by atoms with Gasteiger partial charge in [-0.05, 0) is 30.2 Å². The normalized spacial score (nSPS) is 10.4. The van der Waals surface area contributed by atoms with E-state index in [0.29, 0.717) is 30.0 Å². The summed E-state index contributed by atoms with van der Waals surface area (Å²) in [5.41, 5.74) is 0.356. The quantitative estimate of drug-likeness (QED) is 0.719. The smallest absolute Gasteiger partial charge is 0.137 e. The SMILES string of the molecule is COCCCC(=O)Cc1cc(Cl)ccc1F. The molecule has 0 aliphatic carbocycles. The first-order valence-corrected chi connectivity index (χ1v) is 5.46.